The second-order valence-electron chi connectivity index (χ2n) is 6.82. The lowest BCUT2D eigenvalue weighted by Crippen LogP contribution is -2.24. The first-order valence-corrected chi connectivity index (χ1v) is 10.6. The molecule has 6 heteroatoms. The van der Waals surface area contributed by atoms with Crippen molar-refractivity contribution in [3.63, 3.8) is 0 Å². The molecule has 0 aliphatic rings. The van der Waals surface area contributed by atoms with Gasteiger partial charge in [0, 0.05) is 12.1 Å². The van der Waals surface area contributed by atoms with Crippen molar-refractivity contribution in [2.45, 2.75) is 18.1 Å². The molecule has 0 atom stereocenters. The minimum atomic E-state index is -0.384. The van der Waals surface area contributed by atoms with E-state index >= 15 is 0 Å². The number of hydrogen-bond donors (Lipinski definition) is 0. The number of carbonyl (C=O) groups excluding carboxylic acids is 1. The van der Waals surface area contributed by atoms with E-state index in [1.165, 1.54) is 36.0 Å². The minimum absolute atomic E-state index is 0.113. The molecule has 0 fully saturated rings. The average molecular weight is 418 g/mol. The Hall–Kier alpha value is -3.25. The summed E-state index contributed by atoms with van der Waals surface area (Å²) in [7, 11) is 0. The molecule has 0 saturated carbocycles. The molecule has 0 N–H and O–H groups in total. The smallest absolute Gasteiger partial charge is 0.262 e. The van der Waals surface area contributed by atoms with E-state index in [-0.39, 0.29) is 22.9 Å². The number of ketones is 1. The molecule has 4 nitrogen and oxygen atoms in total. The Bertz CT molecular complexity index is 1240. The predicted octanol–water partition coefficient (Wildman–Crippen LogP) is 4.75. The molecule has 0 bridgehead atoms. The molecule has 0 aliphatic carbocycles. The van der Waals surface area contributed by atoms with Crippen molar-refractivity contribution < 1.29 is 9.18 Å². The molecule has 0 radical (unpaired) electrons. The molecule has 4 rings (SSSR count). The third kappa shape index (κ3) is 4.49. The van der Waals surface area contributed by atoms with Crippen molar-refractivity contribution in [2.75, 3.05) is 5.75 Å². The number of nitrogens with zero attached hydrogens (tertiary/aromatic N) is 2. The molecule has 150 valence electrons. The lowest BCUT2D eigenvalue weighted by Gasteiger charge is -2.13. The molecule has 4 aromatic rings. The van der Waals surface area contributed by atoms with Crippen LogP contribution >= 0.6 is 11.8 Å². The van der Waals surface area contributed by atoms with Gasteiger partial charge in [0.15, 0.2) is 10.9 Å². The summed E-state index contributed by atoms with van der Waals surface area (Å²) in [6.07, 6.45) is 0.681. The van der Waals surface area contributed by atoms with Crippen LogP contribution in [0.2, 0.25) is 0 Å². The number of fused-ring (bicyclic) bond motifs is 1. The summed E-state index contributed by atoms with van der Waals surface area (Å²) in [5.41, 5.74) is 2.04. The normalized spacial score (nSPS) is 11.0. The third-order valence-electron chi connectivity index (χ3n) is 4.79. The predicted molar refractivity (Wildman–Crippen MR) is 118 cm³/mol. The molecule has 0 amide bonds. The van der Waals surface area contributed by atoms with Crippen LogP contribution in [0.3, 0.4) is 0 Å². The third-order valence-corrected chi connectivity index (χ3v) is 5.77. The number of Topliss-reactive ketones (excluding diaryl/α,β-unsaturated/α-hetero) is 1. The number of benzene rings is 3. The number of thioether (sulfide) groups is 1. The zero-order chi connectivity index (χ0) is 20.9. The van der Waals surface area contributed by atoms with Gasteiger partial charge in [-0.3, -0.25) is 14.2 Å². The Morgan fingerprint density at radius 3 is 2.40 bits per heavy atom. The van der Waals surface area contributed by atoms with Gasteiger partial charge < -0.3 is 0 Å². The summed E-state index contributed by atoms with van der Waals surface area (Å²) < 4.78 is 14.7. The van der Waals surface area contributed by atoms with E-state index in [0.717, 1.165) is 5.56 Å². The Kier molecular flexibility index (Phi) is 6.05. The SMILES string of the molecule is O=C(CSc1nc2ccccc2c(=O)n1CCc1ccccc1)c1ccc(F)cc1. The van der Waals surface area contributed by atoms with Crippen LogP contribution in [-0.4, -0.2) is 21.1 Å². The highest BCUT2D eigenvalue weighted by Gasteiger charge is 2.14. The van der Waals surface area contributed by atoms with E-state index < -0.39 is 0 Å². The molecule has 30 heavy (non-hydrogen) atoms. The van der Waals surface area contributed by atoms with E-state index in [0.29, 0.717) is 34.6 Å². The van der Waals surface area contributed by atoms with E-state index in [4.69, 9.17) is 0 Å². The van der Waals surface area contributed by atoms with Gasteiger partial charge in [0.2, 0.25) is 0 Å². The van der Waals surface area contributed by atoms with E-state index in [2.05, 4.69) is 4.98 Å². The van der Waals surface area contributed by atoms with Crippen LogP contribution in [0.1, 0.15) is 15.9 Å². The van der Waals surface area contributed by atoms with Gasteiger partial charge in [-0.1, -0.05) is 54.2 Å². The molecule has 3 aromatic carbocycles. The van der Waals surface area contributed by atoms with Crippen LogP contribution in [0.4, 0.5) is 4.39 Å². The first-order valence-electron chi connectivity index (χ1n) is 9.57. The molecule has 1 heterocycles. The Labute approximate surface area is 177 Å². The second kappa shape index (κ2) is 9.05. The number of rotatable bonds is 7. The van der Waals surface area contributed by atoms with Crippen LogP contribution in [0.5, 0.6) is 0 Å². The largest absolute Gasteiger partial charge is 0.293 e. The van der Waals surface area contributed by atoms with E-state index in [1.54, 1.807) is 16.7 Å². The fraction of sp³-hybridized carbons (Fsp3) is 0.125. The molecule has 0 saturated heterocycles. The monoisotopic (exact) mass is 418 g/mol. The minimum Gasteiger partial charge on any atom is -0.293 e. The highest BCUT2D eigenvalue weighted by atomic mass is 32.2. The molecule has 0 aliphatic heterocycles. The van der Waals surface area contributed by atoms with Gasteiger partial charge in [-0.15, -0.1) is 0 Å². The topological polar surface area (TPSA) is 52.0 Å². The number of carbonyl (C=O) groups is 1. The molecular weight excluding hydrogens is 399 g/mol. The number of para-hydroxylation sites is 1. The first kappa shape index (κ1) is 20.0. The second-order valence-corrected chi connectivity index (χ2v) is 7.77. The van der Waals surface area contributed by atoms with Crippen molar-refractivity contribution in [1.29, 1.82) is 0 Å². The summed E-state index contributed by atoms with van der Waals surface area (Å²) in [5, 5.41) is 1.06. The Morgan fingerprint density at radius 1 is 0.933 bits per heavy atom. The molecular formula is C24H19FN2O2S. The van der Waals surface area contributed by atoms with Crippen LogP contribution < -0.4 is 5.56 Å². The van der Waals surface area contributed by atoms with Gasteiger partial charge in [0.25, 0.3) is 5.56 Å². The first-order chi connectivity index (χ1) is 14.6. The lowest BCUT2D eigenvalue weighted by molar-refractivity contribution is 0.102. The zero-order valence-electron chi connectivity index (χ0n) is 16.1. The van der Waals surface area contributed by atoms with Gasteiger partial charge >= 0.3 is 0 Å². The fourth-order valence-electron chi connectivity index (χ4n) is 3.19. The highest BCUT2D eigenvalue weighted by Crippen LogP contribution is 2.20. The van der Waals surface area contributed by atoms with Crippen LogP contribution in [0, 0.1) is 5.82 Å². The van der Waals surface area contributed by atoms with Crippen LogP contribution in [-0.2, 0) is 13.0 Å². The lowest BCUT2D eigenvalue weighted by atomic mass is 10.1. The number of halogens is 1. The van der Waals surface area contributed by atoms with Crippen molar-refractivity contribution in [1.82, 2.24) is 9.55 Å². The van der Waals surface area contributed by atoms with Crippen molar-refractivity contribution >= 4 is 28.4 Å². The Balaban J connectivity index is 1.62. The standard InChI is InChI=1S/C24H19FN2O2S/c25-19-12-10-18(11-13-19)22(28)16-30-24-26-21-9-5-4-8-20(21)23(29)27(24)15-14-17-6-2-1-3-7-17/h1-13H,14-16H2. The maximum Gasteiger partial charge on any atom is 0.262 e. The molecule has 1 aromatic heterocycles. The number of hydrogen-bond acceptors (Lipinski definition) is 4. The summed E-state index contributed by atoms with van der Waals surface area (Å²) in [4.78, 5) is 30.3. The highest BCUT2D eigenvalue weighted by molar-refractivity contribution is 7.99. The number of aryl methyl sites for hydroxylation is 1. The summed E-state index contributed by atoms with van der Waals surface area (Å²) in [5.74, 6) is -0.413. The van der Waals surface area contributed by atoms with Crippen molar-refractivity contribution in [3.05, 3.63) is 106 Å². The molecule has 0 unspecified atom stereocenters. The van der Waals surface area contributed by atoms with Gasteiger partial charge in [-0.2, -0.15) is 0 Å². The van der Waals surface area contributed by atoms with Crippen molar-refractivity contribution in [3.8, 4) is 0 Å². The van der Waals surface area contributed by atoms with Crippen LogP contribution in [0.25, 0.3) is 10.9 Å². The number of aromatic nitrogens is 2. The van der Waals surface area contributed by atoms with Gasteiger partial charge in [-0.05, 0) is 48.4 Å². The van der Waals surface area contributed by atoms with Gasteiger partial charge in [0.05, 0.1) is 16.7 Å². The van der Waals surface area contributed by atoms with Crippen molar-refractivity contribution in [2.24, 2.45) is 0 Å². The zero-order valence-corrected chi connectivity index (χ0v) is 16.9. The van der Waals surface area contributed by atoms with E-state index in [1.807, 2.05) is 42.5 Å². The maximum atomic E-state index is 13.1. The van der Waals surface area contributed by atoms with E-state index in [9.17, 15) is 14.0 Å². The summed E-state index contributed by atoms with van der Waals surface area (Å²) in [6.45, 7) is 0.466. The maximum absolute atomic E-state index is 13.1. The Morgan fingerprint density at radius 2 is 1.63 bits per heavy atom. The molecule has 0 spiro atoms. The van der Waals surface area contributed by atoms with Gasteiger partial charge in [0.1, 0.15) is 5.82 Å². The summed E-state index contributed by atoms with van der Waals surface area (Å²) in [6, 6.07) is 22.6. The quantitative estimate of drug-likeness (QED) is 0.247. The summed E-state index contributed by atoms with van der Waals surface area (Å²) >= 11 is 1.23. The van der Waals surface area contributed by atoms with Gasteiger partial charge in [-0.25, -0.2) is 9.37 Å². The van der Waals surface area contributed by atoms with Crippen LogP contribution in [0.15, 0.2) is 88.8 Å². The fourth-order valence-corrected chi connectivity index (χ4v) is 4.11. The average Bonchev–Trinajstić information content (AvgIpc) is 2.78.